The molecule has 0 heterocycles. The molecule has 0 aliphatic rings. The molecular weight excluding hydrogens is 263 g/mol. The summed E-state index contributed by atoms with van der Waals surface area (Å²) in [6.45, 7) is 5.54. The average molecular weight is 279 g/mol. The van der Waals surface area contributed by atoms with Crippen LogP contribution in [-0.2, 0) is 0 Å². The first-order valence-electron chi connectivity index (χ1n) is 5.52. The molecule has 0 aromatic heterocycles. The molecule has 1 rings (SSSR count). The van der Waals surface area contributed by atoms with E-state index in [0.717, 1.165) is 18.8 Å². The first kappa shape index (κ1) is 14.8. The Morgan fingerprint density at radius 3 is 2.39 bits per heavy atom. The second-order valence-electron chi connectivity index (χ2n) is 3.59. The lowest BCUT2D eigenvalue weighted by Crippen LogP contribution is -2.21. The van der Waals surface area contributed by atoms with E-state index in [-0.39, 0.29) is 17.6 Å². The molecular formula is C11H16F3N3S. The molecule has 0 saturated heterocycles. The number of benzene rings is 1. The van der Waals surface area contributed by atoms with Crippen LogP contribution in [0.5, 0.6) is 0 Å². The van der Waals surface area contributed by atoms with Crippen molar-refractivity contribution in [2.24, 2.45) is 0 Å². The van der Waals surface area contributed by atoms with Crippen molar-refractivity contribution in [3.63, 3.8) is 0 Å². The van der Waals surface area contributed by atoms with Crippen LogP contribution < -0.4 is 15.4 Å². The molecule has 0 aliphatic heterocycles. The fourth-order valence-electron chi connectivity index (χ4n) is 1.53. The summed E-state index contributed by atoms with van der Waals surface area (Å²) in [7, 11) is 0. The smallest absolute Gasteiger partial charge is 0.397 e. The van der Waals surface area contributed by atoms with Gasteiger partial charge < -0.3 is 15.4 Å². The summed E-state index contributed by atoms with van der Waals surface area (Å²) in [6, 6.07) is 5.03. The number of nitrogen functional groups attached to an aromatic ring is 1. The van der Waals surface area contributed by atoms with E-state index in [2.05, 4.69) is 4.72 Å². The van der Waals surface area contributed by atoms with Gasteiger partial charge in [-0.3, -0.25) is 0 Å². The Hall–Kier alpha value is -1.24. The molecule has 3 N–H and O–H groups in total. The second-order valence-corrected chi connectivity index (χ2v) is 4.46. The van der Waals surface area contributed by atoms with E-state index in [0.29, 0.717) is 5.69 Å². The van der Waals surface area contributed by atoms with E-state index < -0.39 is 5.51 Å². The highest BCUT2D eigenvalue weighted by Crippen LogP contribution is 2.34. The van der Waals surface area contributed by atoms with Crippen LogP contribution >= 0.6 is 11.9 Å². The number of halogens is 3. The molecule has 0 fully saturated rings. The van der Waals surface area contributed by atoms with Crippen LogP contribution in [0.1, 0.15) is 13.8 Å². The van der Waals surface area contributed by atoms with Gasteiger partial charge in [-0.05, 0) is 32.0 Å². The van der Waals surface area contributed by atoms with Gasteiger partial charge >= 0.3 is 5.51 Å². The molecule has 0 atom stereocenters. The third-order valence-electron chi connectivity index (χ3n) is 2.44. The summed E-state index contributed by atoms with van der Waals surface area (Å²) in [6.07, 6.45) is 0. The van der Waals surface area contributed by atoms with Gasteiger partial charge in [0.05, 0.1) is 23.3 Å². The lowest BCUT2D eigenvalue weighted by molar-refractivity contribution is -0.0323. The SMILES string of the molecule is CCN(CC)c1ccc(N)c(NSC(F)(F)F)c1. The van der Waals surface area contributed by atoms with Gasteiger partial charge in [0.1, 0.15) is 0 Å². The lowest BCUT2D eigenvalue weighted by Gasteiger charge is -2.22. The maximum atomic E-state index is 12.1. The van der Waals surface area contributed by atoms with E-state index in [1.54, 1.807) is 18.2 Å². The molecule has 102 valence electrons. The summed E-state index contributed by atoms with van der Waals surface area (Å²) in [4.78, 5) is 2.03. The first-order valence-corrected chi connectivity index (χ1v) is 6.34. The van der Waals surface area contributed by atoms with Crippen molar-refractivity contribution >= 4 is 29.0 Å². The predicted molar refractivity (Wildman–Crippen MR) is 71.7 cm³/mol. The first-order chi connectivity index (χ1) is 8.37. The minimum Gasteiger partial charge on any atom is -0.397 e. The van der Waals surface area contributed by atoms with Gasteiger partial charge in [-0.25, -0.2) is 0 Å². The van der Waals surface area contributed by atoms with E-state index in [4.69, 9.17) is 5.73 Å². The molecule has 0 bridgehead atoms. The van der Waals surface area contributed by atoms with Gasteiger partial charge in [-0.15, -0.1) is 0 Å². The average Bonchev–Trinajstić information content (AvgIpc) is 2.30. The monoisotopic (exact) mass is 279 g/mol. The molecule has 0 saturated carbocycles. The van der Waals surface area contributed by atoms with E-state index in [1.165, 1.54) is 0 Å². The van der Waals surface area contributed by atoms with Crippen LogP contribution in [0.15, 0.2) is 18.2 Å². The molecule has 1 aromatic carbocycles. The maximum Gasteiger partial charge on any atom is 0.461 e. The van der Waals surface area contributed by atoms with Crippen molar-refractivity contribution in [2.45, 2.75) is 19.4 Å². The van der Waals surface area contributed by atoms with Crippen molar-refractivity contribution in [3.05, 3.63) is 18.2 Å². The molecule has 0 aliphatic carbocycles. The number of nitrogens with two attached hydrogens (primary N) is 1. The molecule has 1 aromatic rings. The highest BCUT2D eigenvalue weighted by molar-refractivity contribution is 8.01. The lowest BCUT2D eigenvalue weighted by atomic mass is 10.2. The Kier molecular flexibility index (Phi) is 5.01. The number of nitrogens with one attached hydrogen (secondary N) is 1. The Morgan fingerprint density at radius 2 is 1.89 bits per heavy atom. The fraction of sp³-hybridized carbons (Fsp3) is 0.455. The van der Waals surface area contributed by atoms with Gasteiger partial charge in [0.15, 0.2) is 0 Å². The van der Waals surface area contributed by atoms with Crippen LogP contribution in [0.25, 0.3) is 0 Å². The quantitative estimate of drug-likeness (QED) is 0.637. The number of rotatable bonds is 5. The zero-order chi connectivity index (χ0) is 13.8. The zero-order valence-electron chi connectivity index (χ0n) is 10.2. The van der Waals surface area contributed by atoms with E-state index in [1.807, 2.05) is 18.7 Å². The van der Waals surface area contributed by atoms with Gasteiger partial charge in [0.25, 0.3) is 0 Å². The number of nitrogens with zero attached hydrogens (tertiary/aromatic N) is 1. The molecule has 18 heavy (non-hydrogen) atoms. The number of hydrogen-bond donors (Lipinski definition) is 2. The van der Waals surface area contributed by atoms with Gasteiger partial charge in [-0.2, -0.15) is 13.2 Å². The largest absolute Gasteiger partial charge is 0.461 e. The fourth-order valence-corrected chi connectivity index (χ4v) is 1.93. The van der Waals surface area contributed by atoms with Crippen LogP contribution in [0, 0.1) is 0 Å². The highest BCUT2D eigenvalue weighted by atomic mass is 32.2. The second kappa shape index (κ2) is 6.08. The van der Waals surface area contributed by atoms with Crippen molar-refractivity contribution in [2.75, 3.05) is 28.4 Å². The minimum atomic E-state index is -4.34. The number of hydrogen-bond acceptors (Lipinski definition) is 4. The van der Waals surface area contributed by atoms with E-state index >= 15 is 0 Å². The van der Waals surface area contributed by atoms with Crippen molar-refractivity contribution in [1.82, 2.24) is 0 Å². The number of anilines is 3. The Bertz CT molecular complexity index is 392. The van der Waals surface area contributed by atoms with Crippen LogP contribution in [0.2, 0.25) is 0 Å². The number of alkyl halides is 3. The predicted octanol–water partition coefficient (Wildman–Crippen LogP) is 3.69. The highest BCUT2D eigenvalue weighted by Gasteiger charge is 2.29. The van der Waals surface area contributed by atoms with Gasteiger partial charge in [0.2, 0.25) is 0 Å². The zero-order valence-corrected chi connectivity index (χ0v) is 11.0. The molecule has 0 unspecified atom stereocenters. The van der Waals surface area contributed by atoms with Gasteiger partial charge in [0, 0.05) is 18.8 Å². The van der Waals surface area contributed by atoms with Crippen LogP contribution in [-0.4, -0.2) is 18.6 Å². The summed E-state index contributed by atoms with van der Waals surface area (Å²) >= 11 is -0.312. The Balaban J connectivity index is 2.87. The molecule has 3 nitrogen and oxygen atoms in total. The summed E-state index contributed by atoms with van der Waals surface area (Å²) < 4.78 is 38.6. The molecule has 0 amide bonds. The van der Waals surface area contributed by atoms with Crippen molar-refractivity contribution in [3.8, 4) is 0 Å². The van der Waals surface area contributed by atoms with Crippen LogP contribution in [0.4, 0.5) is 30.2 Å². The topological polar surface area (TPSA) is 41.3 Å². The van der Waals surface area contributed by atoms with E-state index in [9.17, 15) is 13.2 Å². The third kappa shape index (κ3) is 4.21. The standard InChI is InChI=1S/C11H16F3N3S/c1-3-17(4-2)8-5-6-9(15)10(7-8)16-18-11(12,13)14/h5-7,16H,3-4,15H2,1-2H3. The molecule has 0 radical (unpaired) electrons. The summed E-state index contributed by atoms with van der Waals surface area (Å²) in [5, 5.41) is 0. The van der Waals surface area contributed by atoms with Crippen LogP contribution in [0.3, 0.4) is 0 Å². The van der Waals surface area contributed by atoms with Crippen molar-refractivity contribution < 1.29 is 13.2 Å². The third-order valence-corrected chi connectivity index (χ3v) is 3.00. The van der Waals surface area contributed by atoms with Crippen molar-refractivity contribution in [1.29, 1.82) is 0 Å². The Morgan fingerprint density at radius 1 is 1.28 bits per heavy atom. The summed E-state index contributed by atoms with van der Waals surface area (Å²) in [5.74, 6) is 0. The van der Waals surface area contributed by atoms with Gasteiger partial charge in [-0.1, -0.05) is 0 Å². The summed E-state index contributed by atoms with van der Waals surface area (Å²) in [5.41, 5.74) is 2.72. The Labute approximate surface area is 109 Å². The minimum absolute atomic E-state index is 0.279. The normalized spacial score (nSPS) is 11.4. The molecule has 0 spiro atoms. The molecule has 7 heteroatoms. The maximum absolute atomic E-state index is 12.1.